The van der Waals surface area contributed by atoms with Crippen LogP contribution in [0.3, 0.4) is 0 Å². The van der Waals surface area contributed by atoms with Crippen molar-refractivity contribution in [2.45, 2.75) is 26.9 Å². The van der Waals surface area contributed by atoms with Crippen molar-refractivity contribution in [2.24, 2.45) is 0 Å². The maximum atomic E-state index is 4.56. The van der Waals surface area contributed by atoms with E-state index in [0.29, 0.717) is 0 Å². The molecule has 112 valence electrons. The summed E-state index contributed by atoms with van der Waals surface area (Å²) in [4.78, 5) is 14.0. The number of aryl methyl sites for hydroxylation is 2. The van der Waals surface area contributed by atoms with Gasteiger partial charge < -0.3 is 0 Å². The topological polar surface area (TPSA) is 32.3 Å². The Labute approximate surface area is 130 Å². The molecule has 5 heteroatoms. The molecule has 4 nitrogen and oxygen atoms in total. The molecule has 0 amide bonds. The molecule has 0 atom stereocenters. The van der Waals surface area contributed by atoms with Crippen molar-refractivity contribution in [2.75, 3.05) is 26.2 Å². The zero-order chi connectivity index (χ0) is 14.7. The fourth-order valence-corrected chi connectivity index (χ4v) is 3.31. The van der Waals surface area contributed by atoms with E-state index in [1.807, 2.05) is 12.3 Å². The first-order chi connectivity index (χ1) is 10.2. The van der Waals surface area contributed by atoms with Crippen LogP contribution in [0.2, 0.25) is 0 Å². The molecule has 0 spiro atoms. The standard InChI is InChI=1S/C16H22N4S/c1-13-4-3-5-17-16(13)11-20-8-6-19(7-9-20)10-15-12-21-14(2)18-15/h3-5,12H,6-11H2,1-2H3. The average molecular weight is 302 g/mol. The molecule has 0 aliphatic carbocycles. The number of nitrogens with zero attached hydrogens (tertiary/aromatic N) is 4. The Kier molecular flexibility index (Phi) is 4.63. The van der Waals surface area contributed by atoms with Crippen LogP contribution >= 0.6 is 11.3 Å². The Morgan fingerprint density at radius 1 is 1.10 bits per heavy atom. The number of rotatable bonds is 4. The van der Waals surface area contributed by atoms with Gasteiger partial charge in [-0.15, -0.1) is 11.3 Å². The van der Waals surface area contributed by atoms with Gasteiger partial charge in [0.05, 0.1) is 16.4 Å². The Morgan fingerprint density at radius 2 is 1.81 bits per heavy atom. The molecule has 1 saturated heterocycles. The van der Waals surface area contributed by atoms with E-state index < -0.39 is 0 Å². The Bertz CT molecular complexity index is 587. The SMILES string of the molecule is Cc1nc(CN2CCN(Cc3ncccc3C)CC2)cs1. The monoisotopic (exact) mass is 302 g/mol. The Morgan fingerprint density at radius 3 is 2.43 bits per heavy atom. The summed E-state index contributed by atoms with van der Waals surface area (Å²) in [5.74, 6) is 0. The van der Waals surface area contributed by atoms with Crippen molar-refractivity contribution >= 4 is 11.3 Å². The highest BCUT2D eigenvalue weighted by Crippen LogP contribution is 2.14. The largest absolute Gasteiger partial charge is 0.295 e. The molecule has 21 heavy (non-hydrogen) atoms. The van der Waals surface area contributed by atoms with E-state index in [2.05, 4.69) is 45.1 Å². The van der Waals surface area contributed by atoms with Crippen LogP contribution in [0, 0.1) is 13.8 Å². The van der Waals surface area contributed by atoms with Crippen LogP contribution in [-0.2, 0) is 13.1 Å². The van der Waals surface area contributed by atoms with E-state index in [9.17, 15) is 0 Å². The van der Waals surface area contributed by atoms with Gasteiger partial charge in [0.25, 0.3) is 0 Å². The van der Waals surface area contributed by atoms with Crippen molar-refractivity contribution < 1.29 is 0 Å². The van der Waals surface area contributed by atoms with Gasteiger partial charge in [-0.2, -0.15) is 0 Å². The molecule has 2 aromatic rings. The van der Waals surface area contributed by atoms with Gasteiger partial charge >= 0.3 is 0 Å². The highest BCUT2D eigenvalue weighted by molar-refractivity contribution is 7.09. The fourth-order valence-electron chi connectivity index (χ4n) is 2.71. The van der Waals surface area contributed by atoms with Crippen LogP contribution in [0.25, 0.3) is 0 Å². The van der Waals surface area contributed by atoms with Crippen molar-refractivity contribution in [1.29, 1.82) is 0 Å². The predicted molar refractivity (Wildman–Crippen MR) is 86.4 cm³/mol. The first-order valence-corrected chi connectivity index (χ1v) is 8.35. The lowest BCUT2D eigenvalue weighted by molar-refractivity contribution is 0.120. The van der Waals surface area contributed by atoms with Gasteiger partial charge in [-0.05, 0) is 25.5 Å². The highest BCUT2D eigenvalue weighted by Gasteiger charge is 2.18. The minimum absolute atomic E-state index is 0.969. The Balaban J connectivity index is 1.50. The van der Waals surface area contributed by atoms with Gasteiger partial charge in [0.15, 0.2) is 0 Å². The number of thiazole rings is 1. The summed E-state index contributed by atoms with van der Waals surface area (Å²) in [5, 5.41) is 3.34. The maximum absolute atomic E-state index is 4.56. The molecule has 0 unspecified atom stereocenters. The molecule has 0 radical (unpaired) electrons. The zero-order valence-corrected chi connectivity index (χ0v) is 13.6. The number of piperazine rings is 1. The molecule has 2 aromatic heterocycles. The maximum Gasteiger partial charge on any atom is 0.0897 e. The molecule has 1 aliphatic heterocycles. The van der Waals surface area contributed by atoms with Crippen molar-refractivity contribution in [3.63, 3.8) is 0 Å². The van der Waals surface area contributed by atoms with Gasteiger partial charge in [-0.3, -0.25) is 14.8 Å². The lowest BCUT2D eigenvalue weighted by atomic mass is 10.2. The summed E-state index contributed by atoms with van der Waals surface area (Å²) < 4.78 is 0. The van der Waals surface area contributed by atoms with Crippen molar-refractivity contribution in [3.8, 4) is 0 Å². The summed E-state index contributed by atoms with van der Waals surface area (Å²) in [6.45, 7) is 10.6. The van der Waals surface area contributed by atoms with Gasteiger partial charge in [-0.1, -0.05) is 6.07 Å². The normalized spacial score (nSPS) is 17.2. The third-order valence-corrected chi connectivity index (χ3v) is 4.83. The third-order valence-electron chi connectivity index (χ3n) is 4.01. The van der Waals surface area contributed by atoms with Crippen LogP contribution in [0.5, 0.6) is 0 Å². The minimum Gasteiger partial charge on any atom is -0.295 e. The quantitative estimate of drug-likeness (QED) is 0.868. The fraction of sp³-hybridized carbons (Fsp3) is 0.500. The smallest absolute Gasteiger partial charge is 0.0897 e. The van der Waals surface area contributed by atoms with Crippen molar-refractivity contribution in [1.82, 2.24) is 19.8 Å². The van der Waals surface area contributed by atoms with Crippen LogP contribution in [-0.4, -0.2) is 45.9 Å². The summed E-state index contributed by atoms with van der Waals surface area (Å²) in [6, 6.07) is 4.15. The Hall–Kier alpha value is -1.30. The number of pyridine rings is 1. The van der Waals surface area contributed by atoms with E-state index in [1.54, 1.807) is 11.3 Å². The van der Waals surface area contributed by atoms with Crippen LogP contribution in [0.4, 0.5) is 0 Å². The number of hydrogen-bond donors (Lipinski definition) is 0. The first-order valence-electron chi connectivity index (χ1n) is 7.47. The van der Waals surface area contributed by atoms with Gasteiger partial charge in [0, 0.05) is 50.8 Å². The van der Waals surface area contributed by atoms with Gasteiger partial charge in [0.2, 0.25) is 0 Å². The molecule has 1 aliphatic rings. The second-order valence-corrected chi connectivity index (χ2v) is 6.74. The van der Waals surface area contributed by atoms with Crippen molar-refractivity contribution in [3.05, 3.63) is 45.7 Å². The second-order valence-electron chi connectivity index (χ2n) is 5.68. The summed E-state index contributed by atoms with van der Waals surface area (Å²) in [7, 11) is 0. The van der Waals surface area contributed by atoms with Crippen LogP contribution in [0.1, 0.15) is 22.0 Å². The summed E-state index contributed by atoms with van der Waals surface area (Å²) in [6.07, 6.45) is 1.89. The molecular formula is C16H22N4S. The van der Waals surface area contributed by atoms with E-state index >= 15 is 0 Å². The predicted octanol–water partition coefficient (Wildman–Crippen LogP) is 2.47. The minimum atomic E-state index is 0.969. The summed E-state index contributed by atoms with van der Waals surface area (Å²) in [5.41, 5.74) is 3.71. The first kappa shape index (κ1) is 14.6. The molecule has 0 bridgehead atoms. The third kappa shape index (κ3) is 3.87. The summed E-state index contributed by atoms with van der Waals surface area (Å²) >= 11 is 1.74. The van der Waals surface area contributed by atoms with E-state index in [1.165, 1.54) is 17.0 Å². The zero-order valence-electron chi connectivity index (χ0n) is 12.7. The lowest BCUT2D eigenvalue weighted by Crippen LogP contribution is -2.45. The van der Waals surface area contributed by atoms with Crippen LogP contribution in [0.15, 0.2) is 23.7 Å². The van der Waals surface area contributed by atoms with E-state index in [-0.39, 0.29) is 0 Å². The molecular weight excluding hydrogens is 280 g/mol. The van der Waals surface area contributed by atoms with E-state index in [4.69, 9.17) is 0 Å². The van der Waals surface area contributed by atoms with Crippen LogP contribution < -0.4 is 0 Å². The molecule has 3 heterocycles. The molecule has 1 fully saturated rings. The van der Waals surface area contributed by atoms with Gasteiger partial charge in [0.1, 0.15) is 0 Å². The molecule has 3 rings (SSSR count). The molecule has 0 aromatic carbocycles. The molecule has 0 N–H and O–H groups in total. The molecule has 0 saturated carbocycles. The van der Waals surface area contributed by atoms with E-state index in [0.717, 1.165) is 44.3 Å². The second kappa shape index (κ2) is 6.64. The number of hydrogen-bond acceptors (Lipinski definition) is 5. The lowest BCUT2D eigenvalue weighted by Gasteiger charge is -2.34. The number of aromatic nitrogens is 2. The highest BCUT2D eigenvalue weighted by atomic mass is 32.1. The average Bonchev–Trinajstić information content (AvgIpc) is 2.89. The van der Waals surface area contributed by atoms with Gasteiger partial charge in [-0.25, -0.2) is 4.98 Å².